The Balaban J connectivity index is 1.36. The maximum Gasteiger partial charge on any atom is 0.252 e. The molecule has 1 amide bonds. The number of nitrogens with one attached hydrogen (secondary N) is 1. The molecule has 3 aromatic heterocycles. The van der Waals surface area contributed by atoms with Crippen LogP contribution in [-0.4, -0.2) is 41.8 Å². The zero-order valence-corrected chi connectivity index (χ0v) is 16.5. The topological polar surface area (TPSA) is 90.5 Å². The van der Waals surface area contributed by atoms with Crippen molar-refractivity contribution in [2.24, 2.45) is 0 Å². The number of imidazole rings is 1. The molecule has 0 aliphatic carbocycles. The Kier molecular flexibility index (Phi) is 5.33. The minimum atomic E-state index is -0.150. The zero-order chi connectivity index (χ0) is 20.2. The molecule has 148 valence electrons. The fourth-order valence-electron chi connectivity index (χ4n) is 3.27. The van der Waals surface area contributed by atoms with Crippen LogP contribution < -0.4 is 5.32 Å². The molecular weight excluding hydrogens is 366 g/mol. The lowest BCUT2D eigenvalue weighted by molar-refractivity contribution is 0.0952. The highest BCUT2D eigenvalue weighted by Crippen LogP contribution is 2.14. The van der Waals surface area contributed by atoms with Crippen LogP contribution in [0.5, 0.6) is 0 Å². The molecule has 0 saturated carbocycles. The maximum absolute atomic E-state index is 12.4. The Morgan fingerprint density at radius 3 is 2.72 bits per heavy atom. The van der Waals surface area contributed by atoms with E-state index in [1.54, 1.807) is 18.6 Å². The fourth-order valence-corrected chi connectivity index (χ4v) is 3.27. The second-order valence-corrected chi connectivity index (χ2v) is 6.96. The van der Waals surface area contributed by atoms with Crippen LogP contribution in [0.25, 0.3) is 11.2 Å². The molecule has 0 radical (unpaired) electrons. The van der Waals surface area contributed by atoms with E-state index in [2.05, 4.69) is 37.5 Å². The SMILES string of the molecule is Cc1nc(C)n(CCCNC(=O)c2cnc3c(c2)ncn3Cc2ccccc2)n1. The van der Waals surface area contributed by atoms with Gasteiger partial charge in [0.05, 0.1) is 18.4 Å². The van der Waals surface area contributed by atoms with Crippen LogP contribution in [-0.2, 0) is 13.1 Å². The Hall–Kier alpha value is -3.55. The van der Waals surface area contributed by atoms with E-state index in [0.29, 0.717) is 30.7 Å². The van der Waals surface area contributed by atoms with Crippen molar-refractivity contribution in [3.63, 3.8) is 0 Å². The molecule has 29 heavy (non-hydrogen) atoms. The van der Waals surface area contributed by atoms with Crippen LogP contribution in [0.15, 0.2) is 48.9 Å². The van der Waals surface area contributed by atoms with Gasteiger partial charge in [-0.2, -0.15) is 5.10 Å². The molecule has 4 aromatic rings. The first-order valence-electron chi connectivity index (χ1n) is 9.61. The molecule has 0 fully saturated rings. The normalized spacial score (nSPS) is 11.1. The lowest BCUT2D eigenvalue weighted by Gasteiger charge is -2.07. The van der Waals surface area contributed by atoms with E-state index >= 15 is 0 Å². The van der Waals surface area contributed by atoms with E-state index in [1.165, 1.54) is 5.56 Å². The molecular formula is C21H23N7O. The van der Waals surface area contributed by atoms with Gasteiger partial charge in [-0.05, 0) is 31.9 Å². The van der Waals surface area contributed by atoms with E-state index in [0.717, 1.165) is 23.7 Å². The minimum absolute atomic E-state index is 0.150. The van der Waals surface area contributed by atoms with Crippen molar-refractivity contribution in [2.75, 3.05) is 6.54 Å². The van der Waals surface area contributed by atoms with E-state index < -0.39 is 0 Å². The average molecular weight is 389 g/mol. The maximum atomic E-state index is 12.4. The van der Waals surface area contributed by atoms with E-state index in [9.17, 15) is 4.79 Å². The minimum Gasteiger partial charge on any atom is -0.352 e. The number of hydrogen-bond acceptors (Lipinski definition) is 5. The number of pyridine rings is 1. The first-order valence-corrected chi connectivity index (χ1v) is 9.61. The van der Waals surface area contributed by atoms with E-state index in [4.69, 9.17) is 0 Å². The lowest BCUT2D eigenvalue weighted by atomic mass is 10.2. The highest BCUT2D eigenvalue weighted by molar-refractivity contribution is 5.96. The van der Waals surface area contributed by atoms with Crippen LogP contribution in [0, 0.1) is 13.8 Å². The van der Waals surface area contributed by atoms with Gasteiger partial charge < -0.3 is 9.88 Å². The molecule has 3 heterocycles. The average Bonchev–Trinajstić information content (AvgIpc) is 3.27. The molecule has 0 bridgehead atoms. The highest BCUT2D eigenvalue weighted by atomic mass is 16.1. The number of fused-ring (bicyclic) bond motifs is 1. The summed E-state index contributed by atoms with van der Waals surface area (Å²) in [6.07, 6.45) is 4.14. The summed E-state index contributed by atoms with van der Waals surface area (Å²) in [5.74, 6) is 1.50. The molecule has 1 aromatic carbocycles. The number of aromatic nitrogens is 6. The number of rotatable bonds is 7. The van der Waals surface area contributed by atoms with Gasteiger partial charge in [0.25, 0.3) is 5.91 Å². The van der Waals surface area contributed by atoms with Gasteiger partial charge in [-0.25, -0.2) is 15.0 Å². The summed E-state index contributed by atoms with van der Waals surface area (Å²) >= 11 is 0. The van der Waals surface area contributed by atoms with Gasteiger partial charge in [-0.1, -0.05) is 30.3 Å². The number of aryl methyl sites for hydroxylation is 3. The van der Waals surface area contributed by atoms with Gasteiger partial charge in [0.1, 0.15) is 17.2 Å². The molecule has 8 nitrogen and oxygen atoms in total. The third-order valence-electron chi connectivity index (χ3n) is 4.71. The molecule has 0 aliphatic rings. The molecule has 8 heteroatoms. The van der Waals surface area contributed by atoms with Crippen molar-refractivity contribution in [1.82, 2.24) is 34.6 Å². The standard InChI is InChI=1S/C21H23N7O/c1-15-25-16(2)28(26-15)10-6-9-22-21(29)18-11-19-20(23-12-18)27(14-24-19)13-17-7-4-3-5-8-17/h3-5,7-8,11-12,14H,6,9-10,13H2,1-2H3,(H,22,29). The monoisotopic (exact) mass is 389 g/mol. The largest absolute Gasteiger partial charge is 0.352 e. The predicted octanol–water partition coefficient (Wildman–Crippen LogP) is 2.51. The number of nitrogens with zero attached hydrogens (tertiary/aromatic N) is 6. The summed E-state index contributed by atoms with van der Waals surface area (Å²) in [4.78, 5) is 25.6. The van der Waals surface area contributed by atoms with Gasteiger partial charge in [0.2, 0.25) is 0 Å². The molecule has 0 atom stereocenters. The molecule has 0 aliphatic heterocycles. The smallest absolute Gasteiger partial charge is 0.252 e. The number of carbonyl (C=O) groups is 1. The Labute approximate surface area is 168 Å². The lowest BCUT2D eigenvalue weighted by Crippen LogP contribution is -2.25. The van der Waals surface area contributed by atoms with Crippen molar-refractivity contribution >= 4 is 17.1 Å². The second kappa shape index (κ2) is 8.22. The van der Waals surface area contributed by atoms with Crippen molar-refractivity contribution in [3.05, 3.63) is 71.7 Å². The van der Waals surface area contributed by atoms with Crippen molar-refractivity contribution in [2.45, 2.75) is 33.4 Å². The van der Waals surface area contributed by atoms with Crippen LogP contribution >= 0.6 is 0 Å². The molecule has 0 spiro atoms. The van der Waals surface area contributed by atoms with Crippen molar-refractivity contribution < 1.29 is 4.79 Å². The third kappa shape index (κ3) is 4.31. The summed E-state index contributed by atoms with van der Waals surface area (Å²) in [7, 11) is 0. The van der Waals surface area contributed by atoms with Gasteiger partial charge in [-0.3, -0.25) is 9.48 Å². The van der Waals surface area contributed by atoms with Gasteiger partial charge in [0, 0.05) is 19.3 Å². The second-order valence-electron chi connectivity index (χ2n) is 6.96. The molecule has 0 saturated heterocycles. The first kappa shape index (κ1) is 18.8. The van der Waals surface area contributed by atoms with Crippen LogP contribution in [0.4, 0.5) is 0 Å². The summed E-state index contributed by atoms with van der Waals surface area (Å²) in [5, 5.41) is 7.26. The molecule has 4 rings (SSSR count). The highest BCUT2D eigenvalue weighted by Gasteiger charge is 2.11. The number of carbonyl (C=O) groups excluding carboxylic acids is 1. The zero-order valence-electron chi connectivity index (χ0n) is 16.5. The Morgan fingerprint density at radius 2 is 1.97 bits per heavy atom. The van der Waals surface area contributed by atoms with Crippen molar-refractivity contribution in [3.8, 4) is 0 Å². The first-order chi connectivity index (χ1) is 14.1. The van der Waals surface area contributed by atoms with Crippen molar-refractivity contribution in [1.29, 1.82) is 0 Å². The predicted molar refractivity (Wildman–Crippen MR) is 110 cm³/mol. The summed E-state index contributed by atoms with van der Waals surface area (Å²) in [6, 6.07) is 11.9. The Morgan fingerprint density at radius 1 is 1.14 bits per heavy atom. The third-order valence-corrected chi connectivity index (χ3v) is 4.71. The number of benzene rings is 1. The van der Waals surface area contributed by atoms with E-state index in [-0.39, 0.29) is 5.91 Å². The fraction of sp³-hybridized carbons (Fsp3) is 0.286. The quantitative estimate of drug-likeness (QED) is 0.491. The van der Waals surface area contributed by atoms with Gasteiger partial charge >= 0.3 is 0 Å². The van der Waals surface area contributed by atoms with Gasteiger partial charge in [0.15, 0.2) is 5.65 Å². The molecule has 0 unspecified atom stereocenters. The van der Waals surface area contributed by atoms with Gasteiger partial charge in [-0.15, -0.1) is 0 Å². The number of hydrogen-bond donors (Lipinski definition) is 1. The summed E-state index contributed by atoms with van der Waals surface area (Å²) < 4.78 is 3.84. The number of amides is 1. The van der Waals surface area contributed by atoms with Crippen LogP contribution in [0.2, 0.25) is 0 Å². The summed E-state index contributed by atoms with van der Waals surface area (Å²) in [5.41, 5.74) is 3.16. The summed E-state index contributed by atoms with van der Waals surface area (Å²) in [6.45, 7) is 5.76. The Bertz CT molecular complexity index is 1130. The van der Waals surface area contributed by atoms with Crippen LogP contribution in [0.1, 0.15) is 34.0 Å². The molecule has 1 N–H and O–H groups in total. The van der Waals surface area contributed by atoms with Crippen LogP contribution in [0.3, 0.4) is 0 Å². The van der Waals surface area contributed by atoms with E-state index in [1.807, 2.05) is 41.3 Å².